The number of carbonyl (C=O) groups is 2. The van der Waals surface area contributed by atoms with Gasteiger partial charge in [-0.25, -0.2) is 0 Å². The van der Waals surface area contributed by atoms with E-state index in [0.29, 0.717) is 13.1 Å². The van der Waals surface area contributed by atoms with Crippen molar-refractivity contribution in [1.29, 1.82) is 0 Å². The summed E-state index contributed by atoms with van der Waals surface area (Å²) in [4.78, 5) is 25.0. The molecule has 1 rings (SSSR count). The average Bonchev–Trinajstić information content (AvgIpc) is 2.16. The molecule has 0 aromatic heterocycles. The van der Waals surface area contributed by atoms with Crippen LogP contribution in [0.4, 0.5) is 0 Å². The van der Waals surface area contributed by atoms with Crippen molar-refractivity contribution in [2.24, 2.45) is 11.3 Å². The molecule has 1 aliphatic heterocycles. The van der Waals surface area contributed by atoms with Gasteiger partial charge in [-0.2, -0.15) is 11.8 Å². The third-order valence-electron chi connectivity index (χ3n) is 2.68. The lowest BCUT2D eigenvalue weighted by Crippen LogP contribution is -2.48. The molecule has 5 heteroatoms. The Balaban J connectivity index is 2.78. The molecule has 1 unspecified atom stereocenters. The van der Waals surface area contributed by atoms with Crippen LogP contribution in [0.2, 0.25) is 0 Å². The fourth-order valence-electron chi connectivity index (χ4n) is 1.81. The third-order valence-corrected chi connectivity index (χ3v) is 3.63. The summed E-state index contributed by atoms with van der Waals surface area (Å²) in [6.07, 6.45) is 0. The first-order valence-corrected chi connectivity index (χ1v) is 6.59. The zero-order chi connectivity index (χ0) is 12.3. The number of hydrogen-bond acceptors (Lipinski definition) is 3. The number of carboxylic acids is 1. The van der Waals surface area contributed by atoms with Crippen LogP contribution < -0.4 is 0 Å². The van der Waals surface area contributed by atoms with E-state index in [1.807, 2.05) is 0 Å². The third kappa shape index (κ3) is 3.14. The maximum atomic E-state index is 12.1. The summed E-state index contributed by atoms with van der Waals surface area (Å²) in [5, 5.41) is 9.16. The first kappa shape index (κ1) is 13.4. The van der Waals surface area contributed by atoms with Crippen molar-refractivity contribution in [3.05, 3.63) is 0 Å². The van der Waals surface area contributed by atoms with E-state index in [2.05, 4.69) is 0 Å². The van der Waals surface area contributed by atoms with Crippen LogP contribution in [0, 0.1) is 11.3 Å². The zero-order valence-electron chi connectivity index (χ0n) is 10.0. The van der Waals surface area contributed by atoms with Gasteiger partial charge in [-0.15, -0.1) is 0 Å². The fourth-order valence-corrected chi connectivity index (χ4v) is 2.72. The van der Waals surface area contributed by atoms with Crippen molar-refractivity contribution < 1.29 is 14.7 Å². The molecular weight excluding hydrogens is 226 g/mol. The number of thioether (sulfide) groups is 1. The van der Waals surface area contributed by atoms with Crippen molar-refractivity contribution in [3.63, 3.8) is 0 Å². The normalized spacial score (nSPS) is 19.3. The van der Waals surface area contributed by atoms with Gasteiger partial charge in [0.15, 0.2) is 0 Å². The fraction of sp³-hybridized carbons (Fsp3) is 0.818. The van der Waals surface area contributed by atoms with Crippen LogP contribution >= 0.6 is 11.8 Å². The van der Waals surface area contributed by atoms with Crippen molar-refractivity contribution in [1.82, 2.24) is 4.90 Å². The van der Waals surface area contributed by atoms with Gasteiger partial charge in [0, 0.05) is 24.6 Å². The lowest BCUT2D eigenvalue weighted by Gasteiger charge is -2.33. The average molecular weight is 245 g/mol. The van der Waals surface area contributed by atoms with Gasteiger partial charge in [-0.1, -0.05) is 20.8 Å². The smallest absolute Gasteiger partial charge is 0.316 e. The number of carboxylic acid groups (broad SMARTS) is 1. The van der Waals surface area contributed by atoms with E-state index in [0.717, 1.165) is 11.5 Å². The highest BCUT2D eigenvalue weighted by atomic mass is 32.2. The number of carbonyl (C=O) groups excluding carboxylic acids is 1. The topological polar surface area (TPSA) is 57.6 Å². The molecule has 0 bridgehead atoms. The molecule has 1 N–H and O–H groups in total. The Hall–Kier alpha value is -0.710. The summed E-state index contributed by atoms with van der Waals surface area (Å²) in [6.45, 7) is 6.72. The number of rotatable bonds is 2. The molecule has 0 saturated carbocycles. The summed E-state index contributed by atoms with van der Waals surface area (Å²) in [5.74, 6) is -0.378. The highest BCUT2D eigenvalue weighted by Crippen LogP contribution is 2.28. The van der Waals surface area contributed by atoms with Crippen LogP contribution in [0.3, 0.4) is 0 Å². The first-order valence-electron chi connectivity index (χ1n) is 5.43. The van der Waals surface area contributed by atoms with Gasteiger partial charge in [-0.3, -0.25) is 9.59 Å². The maximum Gasteiger partial charge on any atom is 0.316 e. The van der Waals surface area contributed by atoms with Gasteiger partial charge >= 0.3 is 5.97 Å². The molecule has 92 valence electrons. The van der Waals surface area contributed by atoms with Crippen LogP contribution in [-0.2, 0) is 9.59 Å². The summed E-state index contributed by atoms with van der Waals surface area (Å²) in [5.41, 5.74) is -0.534. The summed E-state index contributed by atoms with van der Waals surface area (Å²) in [7, 11) is 0. The Morgan fingerprint density at radius 2 is 1.75 bits per heavy atom. The first-order chi connectivity index (χ1) is 7.34. The van der Waals surface area contributed by atoms with E-state index in [1.54, 1.807) is 37.4 Å². The molecule has 1 amide bonds. The van der Waals surface area contributed by atoms with E-state index in [1.165, 1.54) is 0 Å². The number of hydrogen-bond donors (Lipinski definition) is 1. The minimum Gasteiger partial charge on any atom is -0.481 e. The molecule has 0 spiro atoms. The van der Waals surface area contributed by atoms with Crippen LogP contribution in [0.1, 0.15) is 20.8 Å². The summed E-state index contributed by atoms with van der Waals surface area (Å²) in [6, 6.07) is 0. The van der Waals surface area contributed by atoms with E-state index in [9.17, 15) is 9.59 Å². The molecule has 0 aliphatic carbocycles. The van der Waals surface area contributed by atoms with Gasteiger partial charge in [-0.05, 0) is 5.41 Å². The number of aliphatic carboxylic acids is 1. The Labute approximate surface area is 100 Å². The summed E-state index contributed by atoms with van der Waals surface area (Å²) < 4.78 is 0. The van der Waals surface area contributed by atoms with Crippen molar-refractivity contribution in [2.75, 3.05) is 24.6 Å². The second-order valence-electron chi connectivity index (χ2n) is 5.07. The molecule has 4 nitrogen and oxygen atoms in total. The van der Waals surface area contributed by atoms with E-state index < -0.39 is 17.3 Å². The zero-order valence-corrected chi connectivity index (χ0v) is 10.8. The predicted molar refractivity (Wildman–Crippen MR) is 64.5 cm³/mol. The van der Waals surface area contributed by atoms with Crippen molar-refractivity contribution in [3.8, 4) is 0 Å². The lowest BCUT2D eigenvalue weighted by atomic mass is 9.80. The van der Waals surface area contributed by atoms with Crippen molar-refractivity contribution in [2.45, 2.75) is 20.8 Å². The second kappa shape index (κ2) is 5.08. The lowest BCUT2D eigenvalue weighted by molar-refractivity contribution is -0.156. The quantitative estimate of drug-likeness (QED) is 0.745. The maximum absolute atomic E-state index is 12.1. The molecular formula is C11H19NO3S. The van der Waals surface area contributed by atoms with Crippen molar-refractivity contribution >= 4 is 23.6 Å². The SMILES string of the molecule is CC(C)(C)C(C(=O)O)C(=O)N1CCSCC1. The van der Waals surface area contributed by atoms with Gasteiger partial charge in [0.05, 0.1) is 0 Å². The Kier molecular flexibility index (Phi) is 4.24. The predicted octanol–water partition coefficient (Wildman–Crippen LogP) is 1.31. The highest BCUT2D eigenvalue weighted by molar-refractivity contribution is 7.99. The largest absolute Gasteiger partial charge is 0.481 e. The monoisotopic (exact) mass is 245 g/mol. The molecule has 1 fully saturated rings. The van der Waals surface area contributed by atoms with Crippen LogP contribution in [0.25, 0.3) is 0 Å². The summed E-state index contributed by atoms with van der Waals surface area (Å²) >= 11 is 1.80. The molecule has 0 aromatic carbocycles. The standard InChI is InChI=1S/C11H19NO3S/c1-11(2,3)8(10(14)15)9(13)12-4-6-16-7-5-12/h8H,4-7H2,1-3H3,(H,14,15). The van der Waals surface area contributed by atoms with Gasteiger partial charge < -0.3 is 10.0 Å². The van der Waals surface area contributed by atoms with Crippen LogP contribution in [-0.4, -0.2) is 46.5 Å². The van der Waals surface area contributed by atoms with E-state index in [4.69, 9.17) is 5.11 Å². The van der Waals surface area contributed by atoms with E-state index in [-0.39, 0.29) is 5.91 Å². The Morgan fingerprint density at radius 3 is 2.12 bits per heavy atom. The Bertz CT molecular complexity index is 279. The minimum atomic E-state index is -1.02. The van der Waals surface area contributed by atoms with E-state index >= 15 is 0 Å². The molecule has 1 saturated heterocycles. The van der Waals surface area contributed by atoms with Crippen LogP contribution in [0.5, 0.6) is 0 Å². The number of amides is 1. The Morgan fingerprint density at radius 1 is 1.25 bits per heavy atom. The molecule has 16 heavy (non-hydrogen) atoms. The molecule has 1 atom stereocenters. The van der Waals surface area contributed by atoms with Crippen LogP contribution in [0.15, 0.2) is 0 Å². The van der Waals surface area contributed by atoms with Gasteiger partial charge in [0.25, 0.3) is 0 Å². The number of nitrogens with zero attached hydrogens (tertiary/aromatic N) is 1. The van der Waals surface area contributed by atoms with Gasteiger partial charge in [0.2, 0.25) is 5.91 Å². The van der Waals surface area contributed by atoms with Gasteiger partial charge in [0.1, 0.15) is 5.92 Å². The minimum absolute atomic E-state index is 0.236. The molecule has 0 aromatic rings. The molecule has 0 radical (unpaired) electrons. The molecule has 1 aliphatic rings. The molecule has 1 heterocycles. The highest BCUT2D eigenvalue weighted by Gasteiger charge is 2.40. The second-order valence-corrected chi connectivity index (χ2v) is 6.30.